The Hall–Kier alpha value is -2.37. The van der Waals surface area contributed by atoms with Gasteiger partial charge in [0.25, 0.3) is 0 Å². The largest absolute Gasteiger partial charge is 0.493 e. The van der Waals surface area contributed by atoms with Crippen molar-refractivity contribution in [2.75, 3.05) is 26.7 Å². The van der Waals surface area contributed by atoms with E-state index < -0.39 is 0 Å². The van der Waals surface area contributed by atoms with Gasteiger partial charge in [-0.1, -0.05) is 12.1 Å². The summed E-state index contributed by atoms with van der Waals surface area (Å²) in [6.07, 6.45) is 7.88. The number of hydrogen-bond acceptors (Lipinski definition) is 5. The summed E-state index contributed by atoms with van der Waals surface area (Å²) in [5.74, 6) is 1.53. The van der Waals surface area contributed by atoms with Crippen molar-refractivity contribution in [3.8, 4) is 11.5 Å². The lowest BCUT2D eigenvalue weighted by Crippen LogP contribution is -2.42. The second-order valence-corrected chi connectivity index (χ2v) is 6.87. The van der Waals surface area contributed by atoms with Gasteiger partial charge in [0, 0.05) is 31.5 Å². The van der Waals surface area contributed by atoms with E-state index in [0.717, 1.165) is 43.2 Å². The Morgan fingerprint density at radius 2 is 1.93 bits per heavy atom. The van der Waals surface area contributed by atoms with Crippen molar-refractivity contribution < 1.29 is 9.47 Å². The molecule has 0 radical (unpaired) electrons. The first-order valence-electron chi connectivity index (χ1n) is 9.53. The Balaban J connectivity index is 1.51. The molecule has 0 spiro atoms. The average molecular weight is 367 g/mol. The summed E-state index contributed by atoms with van der Waals surface area (Å²) in [6.45, 7) is 8.42. The molecule has 5 heteroatoms. The summed E-state index contributed by atoms with van der Waals surface area (Å²) in [7, 11) is 1.68. The van der Waals surface area contributed by atoms with E-state index in [-0.39, 0.29) is 0 Å². The lowest BCUT2D eigenvalue weighted by Gasteiger charge is -2.31. The van der Waals surface area contributed by atoms with E-state index in [1.54, 1.807) is 19.5 Å². The molecular weight excluding hydrogens is 338 g/mol. The van der Waals surface area contributed by atoms with Gasteiger partial charge in [0.1, 0.15) is 6.61 Å². The van der Waals surface area contributed by atoms with Crippen LogP contribution in [0.2, 0.25) is 0 Å². The van der Waals surface area contributed by atoms with E-state index in [9.17, 15) is 0 Å². The van der Waals surface area contributed by atoms with Crippen LogP contribution in [0.1, 0.15) is 24.0 Å². The van der Waals surface area contributed by atoms with E-state index in [4.69, 9.17) is 9.47 Å². The lowest BCUT2D eigenvalue weighted by atomic mass is 10.0. The number of pyridine rings is 1. The van der Waals surface area contributed by atoms with Crippen molar-refractivity contribution in [2.24, 2.45) is 0 Å². The minimum atomic E-state index is 0.500. The number of hydrogen-bond donors (Lipinski definition) is 1. The Bertz CT molecular complexity index is 713. The smallest absolute Gasteiger partial charge is 0.161 e. The van der Waals surface area contributed by atoms with Gasteiger partial charge in [0.05, 0.1) is 7.11 Å². The van der Waals surface area contributed by atoms with Gasteiger partial charge < -0.3 is 14.8 Å². The van der Waals surface area contributed by atoms with Crippen molar-refractivity contribution in [3.63, 3.8) is 0 Å². The van der Waals surface area contributed by atoms with Crippen LogP contribution in [-0.2, 0) is 13.2 Å². The maximum absolute atomic E-state index is 5.91. The number of nitrogens with zero attached hydrogens (tertiary/aromatic N) is 2. The molecule has 1 aromatic carbocycles. The first kappa shape index (κ1) is 19.4. The second kappa shape index (κ2) is 10.1. The van der Waals surface area contributed by atoms with Gasteiger partial charge >= 0.3 is 0 Å². The third kappa shape index (κ3) is 5.81. The summed E-state index contributed by atoms with van der Waals surface area (Å²) in [6, 6.07) is 10.6. The summed E-state index contributed by atoms with van der Waals surface area (Å²) in [5.41, 5.74) is 2.29. The van der Waals surface area contributed by atoms with Crippen molar-refractivity contribution >= 4 is 0 Å². The second-order valence-electron chi connectivity index (χ2n) is 6.87. The quantitative estimate of drug-likeness (QED) is 0.688. The molecule has 0 atom stereocenters. The van der Waals surface area contributed by atoms with Crippen molar-refractivity contribution in [3.05, 3.63) is 66.5 Å². The van der Waals surface area contributed by atoms with Gasteiger partial charge in [0.2, 0.25) is 0 Å². The Morgan fingerprint density at radius 1 is 1.15 bits per heavy atom. The zero-order valence-corrected chi connectivity index (χ0v) is 16.1. The first-order chi connectivity index (χ1) is 13.3. The summed E-state index contributed by atoms with van der Waals surface area (Å²) >= 11 is 0. The molecule has 27 heavy (non-hydrogen) atoms. The van der Waals surface area contributed by atoms with Gasteiger partial charge in [-0.2, -0.15) is 0 Å². The summed E-state index contributed by atoms with van der Waals surface area (Å²) in [5, 5.41) is 3.67. The molecule has 1 fully saturated rings. The normalized spacial score (nSPS) is 15.4. The molecule has 5 nitrogen and oxygen atoms in total. The maximum Gasteiger partial charge on any atom is 0.161 e. The van der Waals surface area contributed by atoms with Gasteiger partial charge in [0.15, 0.2) is 11.5 Å². The fourth-order valence-corrected chi connectivity index (χ4v) is 3.35. The van der Waals surface area contributed by atoms with E-state index in [2.05, 4.69) is 33.9 Å². The molecule has 0 unspecified atom stereocenters. The number of benzene rings is 1. The lowest BCUT2D eigenvalue weighted by molar-refractivity contribution is 0.214. The van der Waals surface area contributed by atoms with E-state index >= 15 is 0 Å². The van der Waals surface area contributed by atoms with E-state index in [1.165, 1.54) is 18.4 Å². The minimum absolute atomic E-state index is 0.500. The highest BCUT2D eigenvalue weighted by atomic mass is 16.5. The zero-order chi connectivity index (χ0) is 18.9. The van der Waals surface area contributed by atoms with E-state index in [0.29, 0.717) is 12.6 Å². The van der Waals surface area contributed by atoms with Crippen LogP contribution in [0.4, 0.5) is 0 Å². The highest BCUT2D eigenvalue weighted by Gasteiger charge is 2.17. The SMILES string of the molecule is C=CCN1CCC(NCc2ccc(OCc3ccncc3)c(OC)c2)CC1. The number of ether oxygens (including phenoxy) is 2. The standard InChI is InChI=1S/C22H29N3O2/c1-3-12-25-13-8-20(9-14-25)24-16-19-4-5-21(22(15-19)26-2)27-17-18-6-10-23-11-7-18/h3-7,10-11,15,20,24H,1,8-9,12-14,16-17H2,2H3. The molecular formula is C22H29N3O2. The number of nitrogens with one attached hydrogen (secondary N) is 1. The number of likely N-dealkylation sites (tertiary alicyclic amines) is 1. The van der Waals surface area contributed by atoms with Crippen molar-refractivity contribution in [1.82, 2.24) is 15.2 Å². The molecule has 1 N–H and O–H groups in total. The third-order valence-corrected chi connectivity index (χ3v) is 4.94. The average Bonchev–Trinajstić information content (AvgIpc) is 2.73. The molecule has 144 valence electrons. The Labute approximate surface area is 162 Å². The predicted molar refractivity (Wildman–Crippen MR) is 108 cm³/mol. The minimum Gasteiger partial charge on any atom is -0.493 e. The summed E-state index contributed by atoms with van der Waals surface area (Å²) < 4.78 is 11.4. The molecule has 0 bridgehead atoms. The van der Waals surface area contributed by atoms with Crippen LogP contribution in [0.25, 0.3) is 0 Å². The van der Waals surface area contributed by atoms with Gasteiger partial charge in [-0.25, -0.2) is 0 Å². The highest BCUT2D eigenvalue weighted by Crippen LogP contribution is 2.29. The first-order valence-corrected chi connectivity index (χ1v) is 9.53. The number of methoxy groups -OCH3 is 1. The molecule has 0 amide bonds. The molecule has 0 aliphatic carbocycles. The predicted octanol–water partition coefficient (Wildman–Crippen LogP) is 3.41. The fraction of sp³-hybridized carbons (Fsp3) is 0.409. The van der Waals surface area contributed by atoms with Crippen LogP contribution in [0.5, 0.6) is 11.5 Å². The molecule has 1 aromatic heterocycles. The zero-order valence-electron chi connectivity index (χ0n) is 16.1. The molecule has 1 saturated heterocycles. The topological polar surface area (TPSA) is 46.6 Å². The fourth-order valence-electron chi connectivity index (χ4n) is 3.35. The molecule has 2 heterocycles. The maximum atomic E-state index is 5.91. The van der Waals surface area contributed by atoms with Crippen LogP contribution in [0, 0.1) is 0 Å². The Morgan fingerprint density at radius 3 is 2.63 bits per heavy atom. The number of aromatic nitrogens is 1. The monoisotopic (exact) mass is 367 g/mol. The number of rotatable bonds is 9. The van der Waals surface area contributed by atoms with Crippen LogP contribution < -0.4 is 14.8 Å². The molecule has 1 aliphatic heterocycles. The van der Waals surface area contributed by atoms with Crippen LogP contribution in [0.3, 0.4) is 0 Å². The molecule has 3 rings (SSSR count). The van der Waals surface area contributed by atoms with Crippen molar-refractivity contribution in [1.29, 1.82) is 0 Å². The van der Waals surface area contributed by atoms with E-state index in [1.807, 2.05) is 24.3 Å². The van der Waals surface area contributed by atoms with Crippen molar-refractivity contribution in [2.45, 2.75) is 32.0 Å². The van der Waals surface area contributed by atoms with Gasteiger partial charge in [-0.3, -0.25) is 9.88 Å². The highest BCUT2D eigenvalue weighted by molar-refractivity contribution is 5.43. The van der Waals surface area contributed by atoms with Gasteiger partial charge in [-0.05, 0) is 61.3 Å². The summed E-state index contributed by atoms with van der Waals surface area (Å²) in [4.78, 5) is 6.47. The van der Waals surface area contributed by atoms with Gasteiger partial charge in [-0.15, -0.1) is 6.58 Å². The molecule has 1 aliphatic rings. The third-order valence-electron chi connectivity index (χ3n) is 4.94. The Kier molecular flexibility index (Phi) is 7.25. The van der Waals surface area contributed by atoms with Crippen LogP contribution in [0.15, 0.2) is 55.4 Å². The molecule has 0 saturated carbocycles. The number of piperidine rings is 1. The van der Waals surface area contributed by atoms with Crippen LogP contribution in [-0.4, -0.2) is 42.7 Å². The van der Waals surface area contributed by atoms with Crippen LogP contribution >= 0.6 is 0 Å². The molecule has 2 aromatic rings.